The summed E-state index contributed by atoms with van der Waals surface area (Å²) >= 11 is 0. The molecule has 0 radical (unpaired) electrons. The largest absolute Gasteiger partial charge is 0.462 e. The molecule has 0 bridgehead atoms. The first-order valence-corrected chi connectivity index (χ1v) is 8.18. The van der Waals surface area contributed by atoms with Crippen LogP contribution in [-0.4, -0.2) is 31.3 Å². The number of ether oxygens (including phenoxy) is 1. The smallest absolute Gasteiger partial charge is 0.338 e. The van der Waals surface area contributed by atoms with Crippen molar-refractivity contribution in [2.24, 2.45) is 0 Å². The molecule has 6 heteroatoms. The van der Waals surface area contributed by atoms with Gasteiger partial charge < -0.3 is 4.74 Å². The topological polar surface area (TPSA) is 80.7 Å². The van der Waals surface area contributed by atoms with E-state index in [4.69, 9.17) is 9.29 Å². The van der Waals surface area contributed by atoms with E-state index in [1.165, 1.54) is 0 Å². The minimum absolute atomic E-state index is 0.123. The van der Waals surface area contributed by atoms with Gasteiger partial charge in [-0.3, -0.25) is 4.55 Å². The number of benzene rings is 2. The lowest BCUT2D eigenvalue weighted by molar-refractivity contribution is 0.0502. The Kier molecular flexibility index (Phi) is 4.93. The quantitative estimate of drug-likeness (QED) is 0.504. The molecule has 0 aromatic heterocycles. The summed E-state index contributed by atoms with van der Waals surface area (Å²) in [6.07, 6.45) is 0.637. The number of fused-ring (bicyclic) bond motifs is 1. The molecule has 21 heavy (non-hydrogen) atoms. The van der Waals surface area contributed by atoms with Gasteiger partial charge in [-0.1, -0.05) is 36.4 Å². The number of esters is 1. The third-order valence-corrected chi connectivity index (χ3v) is 3.84. The van der Waals surface area contributed by atoms with Crippen LogP contribution in [0.5, 0.6) is 0 Å². The van der Waals surface area contributed by atoms with E-state index < -0.39 is 16.1 Å². The number of carbonyl (C=O) groups is 1. The van der Waals surface area contributed by atoms with E-state index in [1.54, 1.807) is 12.1 Å². The Morgan fingerprint density at radius 2 is 1.76 bits per heavy atom. The van der Waals surface area contributed by atoms with Crippen LogP contribution in [-0.2, 0) is 14.9 Å². The zero-order chi connectivity index (χ0) is 15.3. The Balaban J connectivity index is 1.94. The van der Waals surface area contributed by atoms with Crippen molar-refractivity contribution in [1.82, 2.24) is 0 Å². The number of unbranched alkanes of at least 4 members (excludes halogenated alkanes) is 1. The number of hydrogen-bond donors (Lipinski definition) is 1. The van der Waals surface area contributed by atoms with E-state index in [9.17, 15) is 13.2 Å². The molecule has 0 amide bonds. The first kappa shape index (κ1) is 15.5. The van der Waals surface area contributed by atoms with Crippen LogP contribution in [0.15, 0.2) is 42.5 Å². The fourth-order valence-electron chi connectivity index (χ4n) is 2.03. The Hall–Kier alpha value is -1.92. The molecule has 1 N–H and O–H groups in total. The summed E-state index contributed by atoms with van der Waals surface area (Å²) in [5.74, 6) is -0.752. The van der Waals surface area contributed by atoms with Crippen molar-refractivity contribution < 1.29 is 22.5 Å². The van der Waals surface area contributed by atoms with Gasteiger partial charge in [0.25, 0.3) is 10.1 Å². The number of rotatable bonds is 6. The third-order valence-electron chi connectivity index (χ3n) is 3.04. The lowest BCUT2D eigenvalue weighted by atomic mass is 10.1. The first-order valence-electron chi connectivity index (χ1n) is 6.57. The summed E-state index contributed by atoms with van der Waals surface area (Å²) in [4.78, 5) is 12.0. The second kappa shape index (κ2) is 6.69. The normalized spacial score (nSPS) is 11.5. The van der Waals surface area contributed by atoms with E-state index >= 15 is 0 Å². The van der Waals surface area contributed by atoms with Gasteiger partial charge in [0.1, 0.15) is 0 Å². The zero-order valence-electron chi connectivity index (χ0n) is 11.4. The summed E-state index contributed by atoms with van der Waals surface area (Å²) in [6, 6.07) is 12.9. The molecule has 2 aromatic rings. The lowest BCUT2D eigenvalue weighted by Crippen LogP contribution is -2.09. The van der Waals surface area contributed by atoms with Crippen LogP contribution in [0.3, 0.4) is 0 Å². The van der Waals surface area contributed by atoms with Crippen molar-refractivity contribution in [3.05, 3.63) is 48.0 Å². The molecule has 2 aromatic carbocycles. The van der Waals surface area contributed by atoms with E-state index in [-0.39, 0.29) is 18.8 Å². The minimum atomic E-state index is -3.95. The molecule has 0 saturated carbocycles. The van der Waals surface area contributed by atoms with E-state index in [1.807, 2.05) is 30.3 Å². The summed E-state index contributed by atoms with van der Waals surface area (Å²) in [6.45, 7) is 0.123. The Bertz CT molecular complexity index is 731. The highest BCUT2D eigenvalue weighted by molar-refractivity contribution is 7.85. The molecule has 0 unspecified atom stereocenters. The fourth-order valence-corrected chi connectivity index (χ4v) is 2.60. The predicted molar refractivity (Wildman–Crippen MR) is 79.9 cm³/mol. The predicted octanol–water partition coefficient (Wildman–Crippen LogP) is 2.66. The molecule has 0 aliphatic heterocycles. The van der Waals surface area contributed by atoms with Crippen molar-refractivity contribution in [2.75, 3.05) is 12.4 Å². The summed E-state index contributed by atoms with van der Waals surface area (Å²) in [5, 5.41) is 1.78. The van der Waals surface area contributed by atoms with Crippen LogP contribution in [0, 0.1) is 0 Å². The van der Waals surface area contributed by atoms with Crippen molar-refractivity contribution in [3.63, 3.8) is 0 Å². The minimum Gasteiger partial charge on any atom is -0.462 e. The van der Waals surface area contributed by atoms with Gasteiger partial charge in [0.2, 0.25) is 0 Å². The second-order valence-electron chi connectivity index (χ2n) is 4.66. The average molecular weight is 308 g/mol. The molecule has 0 spiro atoms. The van der Waals surface area contributed by atoms with Crippen LogP contribution >= 0.6 is 0 Å². The van der Waals surface area contributed by atoms with Crippen molar-refractivity contribution in [2.45, 2.75) is 12.8 Å². The van der Waals surface area contributed by atoms with E-state index in [0.717, 1.165) is 10.8 Å². The van der Waals surface area contributed by atoms with Crippen LogP contribution in [0.2, 0.25) is 0 Å². The van der Waals surface area contributed by atoms with Crippen molar-refractivity contribution in [3.8, 4) is 0 Å². The SMILES string of the molecule is O=C(OCCCCS(=O)(=O)O)c1cccc2ccccc12. The standard InChI is InChI=1S/C15H16O5S/c16-15(20-10-3-4-11-21(17,18)19)14-9-5-7-12-6-1-2-8-13(12)14/h1-2,5-9H,3-4,10-11H2,(H,17,18,19). The van der Waals surface area contributed by atoms with Crippen LogP contribution < -0.4 is 0 Å². The third kappa shape index (κ3) is 4.54. The summed E-state index contributed by atoms with van der Waals surface area (Å²) in [7, 11) is -3.95. The average Bonchev–Trinajstić information content (AvgIpc) is 2.45. The van der Waals surface area contributed by atoms with Crippen LogP contribution in [0.1, 0.15) is 23.2 Å². The number of carbonyl (C=O) groups excluding carboxylic acids is 1. The lowest BCUT2D eigenvalue weighted by Gasteiger charge is -2.07. The molecule has 112 valence electrons. The van der Waals surface area contributed by atoms with Gasteiger partial charge in [0.15, 0.2) is 0 Å². The Labute approximate surface area is 123 Å². The van der Waals surface area contributed by atoms with E-state index in [0.29, 0.717) is 12.0 Å². The molecule has 5 nitrogen and oxygen atoms in total. The van der Waals surface area contributed by atoms with Gasteiger partial charge in [-0.2, -0.15) is 8.42 Å². The summed E-state index contributed by atoms with van der Waals surface area (Å²) in [5.41, 5.74) is 0.489. The van der Waals surface area contributed by atoms with Gasteiger partial charge in [0.05, 0.1) is 17.9 Å². The Morgan fingerprint density at radius 1 is 1.05 bits per heavy atom. The molecule has 0 aliphatic carbocycles. The maximum atomic E-state index is 12.0. The molecule has 0 heterocycles. The van der Waals surface area contributed by atoms with Gasteiger partial charge in [-0.15, -0.1) is 0 Å². The molecular weight excluding hydrogens is 292 g/mol. The molecule has 0 fully saturated rings. The highest BCUT2D eigenvalue weighted by atomic mass is 32.2. The van der Waals surface area contributed by atoms with E-state index in [2.05, 4.69) is 0 Å². The zero-order valence-corrected chi connectivity index (χ0v) is 12.2. The van der Waals surface area contributed by atoms with Crippen LogP contribution in [0.4, 0.5) is 0 Å². The van der Waals surface area contributed by atoms with Crippen molar-refractivity contribution >= 4 is 26.9 Å². The van der Waals surface area contributed by atoms with Gasteiger partial charge in [0, 0.05) is 0 Å². The summed E-state index contributed by atoms with van der Waals surface area (Å²) < 4.78 is 34.8. The maximum Gasteiger partial charge on any atom is 0.338 e. The highest BCUT2D eigenvalue weighted by Crippen LogP contribution is 2.19. The first-order chi connectivity index (χ1) is 9.97. The highest BCUT2D eigenvalue weighted by Gasteiger charge is 2.11. The monoisotopic (exact) mass is 308 g/mol. The van der Waals surface area contributed by atoms with Crippen molar-refractivity contribution in [1.29, 1.82) is 0 Å². The molecule has 2 rings (SSSR count). The van der Waals surface area contributed by atoms with Gasteiger partial charge in [-0.05, 0) is 29.7 Å². The second-order valence-corrected chi connectivity index (χ2v) is 6.23. The molecule has 0 saturated heterocycles. The van der Waals surface area contributed by atoms with Gasteiger partial charge >= 0.3 is 5.97 Å². The molecule has 0 atom stereocenters. The van der Waals surface area contributed by atoms with Gasteiger partial charge in [-0.25, -0.2) is 4.79 Å². The fraction of sp³-hybridized carbons (Fsp3) is 0.267. The van der Waals surface area contributed by atoms with Crippen LogP contribution in [0.25, 0.3) is 10.8 Å². The maximum absolute atomic E-state index is 12.0. The number of hydrogen-bond acceptors (Lipinski definition) is 4. The Morgan fingerprint density at radius 3 is 2.52 bits per heavy atom. The molecule has 0 aliphatic rings. The molecular formula is C15H16O5S.